The van der Waals surface area contributed by atoms with Crippen LogP contribution in [0, 0.1) is 0 Å². The average molecular weight is 446 g/mol. The van der Waals surface area contributed by atoms with E-state index >= 15 is 0 Å². The number of anilines is 1. The molecule has 8 heteroatoms. The number of ether oxygens (including phenoxy) is 1. The number of carbonyl (C=O) groups excluding carboxylic acids is 1. The fourth-order valence-corrected chi connectivity index (χ4v) is 3.55. The van der Waals surface area contributed by atoms with Crippen LogP contribution >= 0.6 is 0 Å². The van der Waals surface area contributed by atoms with Gasteiger partial charge in [-0.15, -0.1) is 0 Å². The van der Waals surface area contributed by atoms with Crippen LogP contribution in [0.25, 0.3) is 16.8 Å². The molecule has 33 heavy (non-hydrogen) atoms. The number of nitrogens with one attached hydrogen (secondary N) is 1. The van der Waals surface area contributed by atoms with Gasteiger partial charge in [0.25, 0.3) is 11.5 Å². The molecule has 0 bridgehead atoms. The van der Waals surface area contributed by atoms with Crippen LogP contribution in [-0.2, 0) is 6.54 Å². The smallest absolute Gasteiger partial charge is 0.276 e. The molecule has 0 fully saturated rings. The van der Waals surface area contributed by atoms with Gasteiger partial charge in [0, 0.05) is 56.4 Å². The van der Waals surface area contributed by atoms with E-state index in [1.54, 1.807) is 33.6 Å². The van der Waals surface area contributed by atoms with E-state index in [4.69, 9.17) is 4.74 Å². The number of hydrogen-bond acceptors (Lipinski definition) is 5. The van der Waals surface area contributed by atoms with Crippen molar-refractivity contribution in [2.75, 3.05) is 32.1 Å². The summed E-state index contributed by atoms with van der Waals surface area (Å²) in [5.74, 6) is 0.623. The van der Waals surface area contributed by atoms with Gasteiger partial charge in [-0.05, 0) is 55.5 Å². The van der Waals surface area contributed by atoms with E-state index in [1.807, 2.05) is 68.4 Å². The van der Waals surface area contributed by atoms with Crippen LogP contribution in [-0.4, -0.2) is 47.3 Å². The Morgan fingerprint density at radius 1 is 1.09 bits per heavy atom. The third kappa shape index (κ3) is 4.90. The molecular weight excluding hydrogens is 418 g/mol. The van der Waals surface area contributed by atoms with Crippen LogP contribution in [0.2, 0.25) is 0 Å². The second-order valence-electron chi connectivity index (χ2n) is 7.81. The molecule has 2 aromatic heterocycles. The summed E-state index contributed by atoms with van der Waals surface area (Å²) in [6, 6.07) is 16.8. The zero-order valence-electron chi connectivity index (χ0n) is 19.0. The number of benzene rings is 2. The molecule has 0 unspecified atom stereocenters. The Morgan fingerprint density at radius 3 is 2.61 bits per heavy atom. The lowest BCUT2D eigenvalue weighted by Crippen LogP contribution is -2.31. The summed E-state index contributed by atoms with van der Waals surface area (Å²) >= 11 is 0. The highest BCUT2D eigenvalue weighted by molar-refractivity contribution is 5.95. The first kappa shape index (κ1) is 22.1. The van der Waals surface area contributed by atoms with Crippen molar-refractivity contribution >= 4 is 17.1 Å². The Balaban J connectivity index is 1.45. The molecule has 0 aliphatic heterocycles. The van der Waals surface area contributed by atoms with Crippen molar-refractivity contribution in [3.8, 4) is 17.0 Å². The number of fused-ring (bicyclic) bond motifs is 1. The third-order valence-electron chi connectivity index (χ3n) is 5.33. The minimum absolute atomic E-state index is 0.161. The first-order chi connectivity index (χ1) is 16.0. The molecule has 4 rings (SSSR count). The zero-order valence-corrected chi connectivity index (χ0v) is 19.0. The van der Waals surface area contributed by atoms with Crippen LogP contribution in [0.1, 0.15) is 17.3 Å². The fourth-order valence-electron chi connectivity index (χ4n) is 3.55. The van der Waals surface area contributed by atoms with Crippen molar-refractivity contribution in [3.05, 3.63) is 82.9 Å². The number of hydrogen-bond donors (Lipinski definition) is 1. The lowest BCUT2D eigenvalue weighted by Gasteiger charge is -2.13. The molecule has 1 amide bonds. The molecule has 1 N–H and O–H groups in total. The van der Waals surface area contributed by atoms with Gasteiger partial charge < -0.3 is 19.5 Å². The lowest BCUT2D eigenvalue weighted by atomic mass is 10.1. The zero-order chi connectivity index (χ0) is 23.4. The van der Waals surface area contributed by atoms with E-state index in [9.17, 15) is 9.59 Å². The molecule has 0 saturated heterocycles. The Hall–Kier alpha value is -4.07. The number of aromatic nitrogens is 3. The summed E-state index contributed by atoms with van der Waals surface area (Å²) in [7, 11) is 3.86. The summed E-state index contributed by atoms with van der Waals surface area (Å²) in [5.41, 5.74) is 3.47. The topological polar surface area (TPSA) is 80.9 Å². The summed E-state index contributed by atoms with van der Waals surface area (Å²) < 4.78 is 8.64. The van der Waals surface area contributed by atoms with E-state index in [1.165, 1.54) is 0 Å². The van der Waals surface area contributed by atoms with E-state index in [2.05, 4.69) is 10.4 Å². The molecule has 0 radical (unpaired) electrons. The molecule has 2 aromatic carbocycles. The summed E-state index contributed by atoms with van der Waals surface area (Å²) in [6.07, 6.45) is 3.43. The van der Waals surface area contributed by atoms with Crippen molar-refractivity contribution in [3.63, 3.8) is 0 Å². The van der Waals surface area contributed by atoms with Crippen LogP contribution in [0.15, 0.2) is 71.8 Å². The largest absolute Gasteiger partial charge is 0.494 e. The number of nitrogens with zero attached hydrogens (tertiary/aromatic N) is 4. The predicted octanol–water partition coefficient (Wildman–Crippen LogP) is 3.06. The maximum Gasteiger partial charge on any atom is 0.276 e. The molecule has 0 aliphatic carbocycles. The van der Waals surface area contributed by atoms with Crippen molar-refractivity contribution in [2.24, 2.45) is 0 Å². The predicted molar refractivity (Wildman–Crippen MR) is 129 cm³/mol. The highest BCUT2D eigenvalue weighted by Crippen LogP contribution is 2.22. The maximum atomic E-state index is 12.9. The van der Waals surface area contributed by atoms with E-state index < -0.39 is 0 Å². The van der Waals surface area contributed by atoms with Gasteiger partial charge in [0.2, 0.25) is 0 Å². The first-order valence-electron chi connectivity index (χ1n) is 10.8. The molecule has 0 saturated carbocycles. The van der Waals surface area contributed by atoms with Gasteiger partial charge in [-0.25, -0.2) is 4.52 Å². The highest BCUT2D eigenvalue weighted by Gasteiger charge is 2.11. The SMILES string of the molecule is CCOc1ccc(-c2cc3c(=O)n(CCNC(=O)c4cccc(N(C)C)c4)ccn3n2)cc1. The van der Waals surface area contributed by atoms with Crippen LogP contribution < -0.4 is 20.5 Å². The Kier molecular flexibility index (Phi) is 6.44. The normalized spacial score (nSPS) is 10.9. The van der Waals surface area contributed by atoms with Crippen molar-refractivity contribution in [2.45, 2.75) is 13.5 Å². The number of carbonyl (C=O) groups is 1. The van der Waals surface area contributed by atoms with E-state index in [0.29, 0.717) is 36.5 Å². The van der Waals surface area contributed by atoms with Crippen molar-refractivity contribution < 1.29 is 9.53 Å². The van der Waals surface area contributed by atoms with E-state index in [-0.39, 0.29) is 11.5 Å². The van der Waals surface area contributed by atoms with Gasteiger partial charge in [-0.3, -0.25) is 9.59 Å². The fraction of sp³-hybridized carbons (Fsp3) is 0.240. The summed E-state index contributed by atoms with van der Waals surface area (Å²) in [6.45, 7) is 3.24. The molecule has 170 valence electrons. The molecule has 4 aromatic rings. The molecule has 0 atom stereocenters. The second kappa shape index (κ2) is 9.60. The molecule has 0 aliphatic rings. The van der Waals surface area contributed by atoms with Crippen molar-refractivity contribution in [1.82, 2.24) is 19.5 Å². The average Bonchev–Trinajstić information content (AvgIpc) is 3.26. The Labute approximate surface area is 192 Å². The van der Waals surface area contributed by atoms with Crippen LogP contribution in [0.4, 0.5) is 5.69 Å². The highest BCUT2D eigenvalue weighted by atomic mass is 16.5. The van der Waals surface area contributed by atoms with Gasteiger partial charge >= 0.3 is 0 Å². The minimum atomic E-state index is -0.171. The van der Waals surface area contributed by atoms with Crippen LogP contribution in [0.5, 0.6) is 5.75 Å². The standard InChI is InChI=1S/C25H27N5O3/c1-4-33-21-10-8-18(9-11-21)22-17-23-25(32)29(14-15-30(23)27-22)13-12-26-24(31)19-6-5-7-20(16-19)28(2)3/h5-11,14-17H,4,12-13H2,1-3H3,(H,26,31). The monoisotopic (exact) mass is 445 g/mol. The molecule has 2 heterocycles. The second-order valence-corrected chi connectivity index (χ2v) is 7.81. The molecule has 8 nitrogen and oxygen atoms in total. The Bertz CT molecular complexity index is 1320. The Morgan fingerprint density at radius 2 is 1.88 bits per heavy atom. The van der Waals surface area contributed by atoms with Crippen LogP contribution in [0.3, 0.4) is 0 Å². The molecule has 0 spiro atoms. The van der Waals surface area contributed by atoms with Gasteiger partial charge in [-0.1, -0.05) is 6.07 Å². The number of rotatable bonds is 8. The van der Waals surface area contributed by atoms with E-state index in [0.717, 1.165) is 17.0 Å². The number of amides is 1. The first-order valence-corrected chi connectivity index (χ1v) is 10.8. The quantitative estimate of drug-likeness (QED) is 0.451. The van der Waals surface area contributed by atoms with Gasteiger partial charge in [0.1, 0.15) is 11.3 Å². The molecular formula is C25H27N5O3. The lowest BCUT2D eigenvalue weighted by molar-refractivity contribution is 0.0952. The summed E-state index contributed by atoms with van der Waals surface area (Å²) in [4.78, 5) is 27.4. The third-order valence-corrected chi connectivity index (χ3v) is 5.33. The van der Waals surface area contributed by atoms with Gasteiger partial charge in [-0.2, -0.15) is 5.10 Å². The minimum Gasteiger partial charge on any atom is -0.494 e. The van der Waals surface area contributed by atoms with Crippen molar-refractivity contribution in [1.29, 1.82) is 0 Å². The van der Waals surface area contributed by atoms with Gasteiger partial charge in [0.05, 0.1) is 12.3 Å². The maximum absolute atomic E-state index is 12.9. The van der Waals surface area contributed by atoms with Gasteiger partial charge in [0.15, 0.2) is 0 Å². The summed E-state index contributed by atoms with van der Waals surface area (Å²) in [5, 5.41) is 7.40.